The number of aliphatic carboxylic acids is 1. The van der Waals surface area contributed by atoms with Gasteiger partial charge in [-0.1, -0.05) is 66.7 Å². The van der Waals surface area contributed by atoms with E-state index in [0.29, 0.717) is 6.42 Å². The third-order valence-electron chi connectivity index (χ3n) is 5.46. The van der Waals surface area contributed by atoms with Crippen molar-refractivity contribution in [3.05, 3.63) is 77.4 Å². The van der Waals surface area contributed by atoms with Gasteiger partial charge in [0.05, 0.1) is 6.04 Å². The van der Waals surface area contributed by atoms with Gasteiger partial charge in [-0.15, -0.1) is 0 Å². The maximum absolute atomic E-state index is 12.9. The predicted octanol–water partition coefficient (Wildman–Crippen LogP) is 1.74. The van der Waals surface area contributed by atoms with Gasteiger partial charge < -0.3 is 21.5 Å². The fraction of sp³-hybridized carbons (Fsp3) is 0.292. The molecule has 0 bridgehead atoms. The highest BCUT2D eigenvalue weighted by Gasteiger charge is 2.31. The van der Waals surface area contributed by atoms with Crippen LogP contribution in [-0.4, -0.2) is 46.8 Å². The summed E-state index contributed by atoms with van der Waals surface area (Å²) < 4.78 is 0. The average molecular weight is 454 g/mol. The fourth-order valence-corrected chi connectivity index (χ4v) is 3.96. The number of carbonyl (C=O) groups is 3. The molecule has 0 saturated heterocycles. The van der Waals surface area contributed by atoms with Gasteiger partial charge in [0, 0.05) is 11.7 Å². The van der Waals surface area contributed by atoms with E-state index >= 15 is 0 Å². The minimum Gasteiger partial charge on any atom is -0.480 e. The molecule has 168 valence electrons. The van der Waals surface area contributed by atoms with Gasteiger partial charge in [-0.05, 0) is 29.5 Å². The zero-order valence-corrected chi connectivity index (χ0v) is 18.4. The van der Waals surface area contributed by atoms with E-state index in [0.717, 1.165) is 16.7 Å². The van der Waals surface area contributed by atoms with E-state index in [9.17, 15) is 19.5 Å². The number of hydrogen-bond donors (Lipinski definition) is 5. The van der Waals surface area contributed by atoms with Crippen LogP contribution in [0, 0.1) is 0 Å². The molecule has 0 spiro atoms. The Morgan fingerprint density at radius 1 is 0.969 bits per heavy atom. The first-order chi connectivity index (χ1) is 15.4. The first-order valence-electron chi connectivity index (χ1n) is 10.4. The molecule has 32 heavy (non-hydrogen) atoms. The third kappa shape index (κ3) is 5.99. The summed E-state index contributed by atoms with van der Waals surface area (Å²) in [6.07, 6.45) is 4.56. The molecule has 2 aromatic rings. The molecule has 0 aromatic heterocycles. The van der Waals surface area contributed by atoms with Crippen LogP contribution in [0.25, 0.3) is 6.08 Å². The number of nitrogens with two attached hydrogens (primary N) is 1. The summed E-state index contributed by atoms with van der Waals surface area (Å²) in [4.78, 5) is 37.1. The molecular weight excluding hydrogens is 426 g/mol. The van der Waals surface area contributed by atoms with Crippen LogP contribution in [0.2, 0.25) is 0 Å². The van der Waals surface area contributed by atoms with Crippen LogP contribution < -0.4 is 16.4 Å². The van der Waals surface area contributed by atoms with Crippen LogP contribution >= 0.6 is 12.6 Å². The largest absolute Gasteiger partial charge is 0.480 e. The third-order valence-corrected chi connectivity index (χ3v) is 5.82. The number of fused-ring (bicyclic) bond motifs is 1. The lowest BCUT2D eigenvalue weighted by molar-refractivity contribution is -0.141. The average Bonchev–Trinajstić information content (AvgIpc) is 3.20. The van der Waals surface area contributed by atoms with Crippen LogP contribution in [0.5, 0.6) is 0 Å². The first-order valence-corrected chi connectivity index (χ1v) is 11.0. The highest BCUT2D eigenvalue weighted by molar-refractivity contribution is 7.80. The van der Waals surface area contributed by atoms with E-state index in [1.165, 1.54) is 0 Å². The van der Waals surface area contributed by atoms with Crippen molar-refractivity contribution in [1.29, 1.82) is 0 Å². The molecule has 0 radical (unpaired) electrons. The Kier molecular flexibility index (Phi) is 8.08. The second kappa shape index (κ2) is 11.0. The van der Waals surface area contributed by atoms with Crippen molar-refractivity contribution in [2.24, 2.45) is 5.73 Å². The van der Waals surface area contributed by atoms with Crippen LogP contribution in [0.4, 0.5) is 0 Å². The molecule has 1 aliphatic carbocycles. The number of hydrogen-bond acceptors (Lipinski definition) is 5. The number of carboxylic acids is 1. The van der Waals surface area contributed by atoms with Gasteiger partial charge in [0.25, 0.3) is 0 Å². The highest BCUT2D eigenvalue weighted by Crippen LogP contribution is 2.33. The number of rotatable bonds is 10. The van der Waals surface area contributed by atoms with Gasteiger partial charge in [-0.25, -0.2) is 4.79 Å². The molecule has 4 atom stereocenters. The summed E-state index contributed by atoms with van der Waals surface area (Å²) in [5, 5.41) is 14.5. The normalized spacial score (nSPS) is 17.1. The Bertz CT molecular complexity index is 996. The minimum absolute atomic E-state index is 0.0680. The minimum atomic E-state index is -1.19. The van der Waals surface area contributed by atoms with Crippen LogP contribution in [-0.2, 0) is 20.8 Å². The van der Waals surface area contributed by atoms with Crippen molar-refractivity contribution >= 4 is 36.5 Å². The Morgan fingerprint density at radius 2 is 1.62 bits per heavy atom. The van der Waals surface area contributed by atoms with Crippen molar-refractivity contribution in [3.63, 3.8) is 0 Å². The number of benzene rings is 2. The molecule has 5 N–H and O–H groups in total. The maximum Gasteiger partial charge on any atom is 0.327 e. The zero-order chi connectivity index (χ0) is 23.1. The lowest BCUT2D eigenvalue weighted by Crippen LogP contribution is -2.55. The molecule has 2 aromatic carbocycles. The topological polar surface area (TPSA) is 122 Å². The lowest BCUT2D eigenvalue weighted by atomic mass is 9.93. The first kappa shape index (κ1) is 23.6. The number of thiol groups is 1. The van der Waals surface area contributed by atoms with E-state index < -0.39 is 35.9 Å². The molecule has 0 fully saturated rings. The molecule has 0 heterocycles. The Hall–Kier alpha value is -3.10. The number of carboxylic acid groups (broad SMARTS) is 1. The second-order valence-corrected chi connectivity index (χ2v) is 8.13. The summed E-state index contributed by atoms with van der Waals surface area (Å²) in [6.45, 7) is 0. The molecule has 7 nitrogen and oxygen atoms in total. The van der Waals surface area contributed by atoms with Gasteiger partial charge in [0.15, 0.2) is 0 Å². The van der Waals surface area contributed by atoms with E-state index in [4.69, 9.17) is 5.73 Å². The van der Waals surface area contributed by atoms with Crippen LogP contribution in [0.1, 0.15) is 29.0 Å². The van der Waals surface area contributed by atoms with E-state index in [1.807, 2.05) is 66.7 Å². The lowest BCUT2D eigenvalue weighted by Gasteiger charge is -2.24. The monoisotopic (exact) mass is 453 g/mol. The van der Waals surface area contributed by atoms with Crippen molar-refractivity contribution in [2.75, 3.05) is 5.75 Å². The molecule has 2 amide bonds. The maximum atomic E-state index is 12.9. The zero-order valence-electron chi connectivity index (χ0n) is 17.5. The molecule has 0 saturated carbocycles. The van der Waals surface area contributed by atoms with Gasteiger partial charge in [0.2, 0.25) is 11.8 Å². The molecule has 3 rings (SSSR count). The second-order valence-electron chi connectivity index (χ2n) is 7.77. The van der Waals surface area contributed by atoms with E-state index in [2.05, 4.69) is 23.3 Å². The van der Waals surface area contributed by atoms with Crippen molar-refractivity contribution < 1.29 is 19.5 Å². The SMILES string of the molecule is NC(Cc1ccccc1)C(=O)NC(CC1C=Cc2ccccc21)C(=O)NC(CS)C(=O)O. The van der Waals surface area contributed by atoms with Gasteiger partial charge in [-0.2, -0.15) is 12.6 Å². The quantitative estimate of drug-likeness (QED) is 0.351. The van der Waals surface area contributed by atoms with Gasteiger partial charge in [0.1, 0.15) is 12.1 Å². The standard InChI is InChI=1S/C24H27N3O4S/c25-19(12-15-6-2-1-3-7-15)22(28)26-20(23(29)27-21(14-32)24(30)31)13-17-11-10-16-8-4-5-9-18(16)17/h1-11,17,19-21,32H,12-14,25H2,(H,26,28)(H,27,29)(H,30,31). The number of nitrogens with one attached hydrogen (secondary N) is 2. The Morgan fingerprint density at radius 3 is 2.31 bits per heavy atom. The number of carbonyl (C=O) groups excluding carboxylic acids is 2. The summed E-state index contributed by atoms with van der Waals surface area (Å²) in [5.41, 5.74) is 9.11. The molecule has 8 heteroatoms. The summed E-state index contributed by atoms with van der Waals surface area (Å²) in [7, 11) is 0. The van der Waals surface area contributed by atoms with Crippen molar-refractivity contribution in [2.45, 2.75) is 36.9 Å². The van der Waals surface area contributed by atoms with Crippen LogP contribution in [0.3, 0.4) is 0 Å². The Balaban J connectivity index is 1.74. The molecular formula is C24H27N3O4S. The number of allylic oxidation sites excluding steroid dienone is 1. The molecule has 4 unspecified atom stereocenters. The van der Waals surface area contributed by atoms with E-state index in [1.54, 1.807) is 0 Å². The summed E-state index contributed by atoms with van der Waals surface area (Å²) in [6, 6.07) is 14.2. The van der Waals surface area contributed by atoms with Crippen molar-refractivity contribution in [1.82, 2.24) is 10.6 Å². The molecule has 1 aliphatic rings. The van der Waals surface area contributed by atoms with E-state index in [-0.39, 0.29) is 18.1 Å². The van der Waals surface area contributed by atoms with Crippen LogP contribution in [0.15, 0.2) is 60.7 Å². The van der Waals surface area contributed by atoms with Crippen molar-refractivity contribution in [3.8, 4) is 0 Å². The number of amides is 2. The summed E-state index contributed by atoms with van der Waals surface area (Å²) in [5.74, 6) is -2.40. The molecule has 0 aliphatic heterocycles. The Labute approximate surface area is 192 Å². The van der Waals surface area contributed by atoms with Gasteiger partial charge >= 0.3 is 5.97 Å². The summed E-state index contributed by atoms with van der Waals surface area (Å²) >= 11 is 4.00. The fourth-order valence-electron chi connectivity index (χ4n) is 3.71. The highest BCUT2D eigenvalue weighted by atomic mass is 32.1. The predicted molar refractivity (Wildman–Crippen MR) is 126 cm³/mol. The smallest absolute Gasteiger partial charge is 0.327 e. The van der Waals surface area contributed by atoms with Gasteiger partial charge in [-0.3, -0.25) is 9.59 Å².